The average molecular weight is 292 g/mol. The second-order valence-electron chi connectivity index (χ2n) is 4.50. The summed E-state index contributed by atoms with van der Waals surface area (Å²) in [5.74, 6) is 0. The second-order valence-corrected chi connectivity index (χ2v) is 4.50. The zero-order valence-corrected chi connectivity index (χ0v) is 12.6. The molecule has 0 aromatic rings. The number of hydrogen-bond donors (Lipinski definition) is 1. The van der Waals surface area contributed by atoms with Crippen LogP contribution in [0.4, 0.5) is 4.79 Å². The van der Waals surface area contributed by atoms with Crippen molar-refractivity contribution in [2.24, 2.45) is 0 Å². The molecule has 0 rings (SSSR count). The summed E-state index contributed by atoms with van der Waals surface area (Å²) >= 11 is 0. The zero-order chi connectivity index (χ0) is 15.1. The Hall–Kier alpha value is -0.850. The molecule has 6 nitrogen and oxygen atoms in total. The first-order chi connectivity index (χ1) is 9.70. The molecule has 0 aromatic carbocycles. The van der Waals surface area contributed by atoms with Crippen molar-refractivity contribution in [1.29, 1.82) is 0 Å². The lowest BCUT2D eigenvalue weighted by Gasteiger charge is -2.17. The number of carbonyl (C=O) groups is 1. The van der Waals surface area contributed by atoms with Gasteiger partial charge in [-0.1, -0.05) is 13.3 Å². The van der Waals surface area contributed by atoms with E-state index in [2.05, 4.69) is 11.7 Å². The Morgan fingerprint density at radius 1 is 1.05 bits per heavy atom. The molecule has 20 heavy (non-hydrogen) atoms. The van der Waals surface area contributed by atoms with E-state index in [1.807, 2.05) is 0 Å². The first kappa shape index (κ1) is 19.1. The van der Waals surface area contributed by atoms with Gasteiger partial charge in [-0.25, -0.2) is 4.79 Å². The monoisotopic (exact) mass is 292 g/mol. The van der Waals surface area contributed by atoms with Gasteiger partial charge in [0, 0.05) is 20.3 Å². The van der Waals surface area contributed by atoms with Crippen LogP contribution >= 0.6 is 0 Å². The van der Waals surface area contributed by atoms with Gasteiger partial charge < -0.3 is 24.1 Å². The highest BCUT2D eigenvalue weighted by atomic mass is 16.7. The number of carboxylic acid groups (broad SMARTS) is 1. The minimum absolute atomic E-state index is 0.0575. The number of rotatable bonds is 14. The molecule has 0 heterocycles. The number of unbranched alkanes of at least 4 members (excludes halogenated alkanes) is 1. The van der Waals surface area contributed by atoms with Crippen LogP contribution in [0.15, 0.2) is 0 Å². The third-order valence-electron chi connectivity index (χ3n) is 2.76. The lowest BCUT2D eigenvalue weighted by molar-refractivity contribution is -0.0147. The topological polar surface area (TPSA) is 74.2 Å². The van der Waals surface area contributed by atoms with Crippen LogP contribution in [0.1, 0.15) is 39.0 Å². The van der Waals surface area contributed by atoms with E-state index >= 15 is 0 Å². The summed E-state index contributed by atoms with van der Waals surface area (Å²) in [6, 6.07) is 0. The molecule has 0 aromatic heterocycles. The molecule has 1 atom stereocenters. The van der Waals surface area contributed by atoms with Gasteiger partial charge in [0.15, 0.2) is 0 Å². The molecule has 0 bridgehead atoms. The van der Waals surface area contributed by atoms with Gasteiger partial charge in [0.05, 0.1) is 25.9 Å². The van der Waals surface area contributed by atoms with Crippen LogP contribution < -0.4 is 0 Å². The normalized spacial score (nSPS) is 12.3. The lowest BCUT2D eigenvalue weighted by Crippen LogP contribution is -2.19. The van der Waals surface area contributed by atoms with Crippen LogP contribution in [-0.2, 0) is 18.9 Å². The smallest absolute Gasteiger partial charge is 0.450 e. The summed E-state index contributed by atoms with van der Waals surface area (Å²) in [5, 5.41) is 8.37. The Bertz CT molecular complexity index is 222. The van der Waals surface area contributed by atoms with Crippen molar-refractivity contribution in [2.75, 3.05) is 40.1 Å². The van der Waals surface area contributed by atoms with Crippen LogP contribution in [0.3, 0.4) is 0 Å². The number of methoxy groups -OCH3 is 1. The predicted molar refractivity (Wildman–Crippen MR) is 75.2 cm³/mol. The van der Waals surface area contributed by atoms with E-state index in [4.69, 9.17) is 19.3 Å². The lowest BCUT2D eigenvalue weighted by atomic mass is 10.1. The van der Waals surface area contributed by atoms with Gasteiger partial charge in [-0.05, 0) is 25.7 Å². The third kappa shape index (κ3) is 13.6. The van der Waals surface area contributed by atoms with E-state index in [1.54, 1.807) is 7.11 Å². The SMILES string of the molecule is CCCCOCCOC(CCCOC(=O)O)CCOC. The minimum atomic E-state index is -1.23. The van der Waals surface area contributed by atoms with Crippen LogP contribution in [0, 0.1) is 0 Å². The summed E-state index contributed by atoms with van der Waals surface area (Å²) < 4.78 is 20.7. The third-order valence-corrected chi connectivity index (χ3v) is 2.76. The van der Waals surface area contributed by atoms with Crippen molar-refractivity contribution >= 4 is 6.16 Å². The first-order valence-corrected chi connectivity index (χ1v) is 7.24. The molecule has 1 unspecified atom stereocenters. The average Bonchev–Trinajstić information content (AvgIpc) is 2.43. The van der Waals surface area contributed by atoms with Gasteiger partial charge in [-0.3, -0.25) is 0 Å². The van der Waals surface area contributed by atoms with Crippen LogP contribution in [-0.4, -0.2) is 57.5 Å². The van der Waals surface area contributed by atoms with Gasteiger partial charge in [-0.15, -0.1) is 0 Å². The van der Waals surface area contributed by atoms with Gasteiger partial charge in [-0.2, -0.15) is 0 Å². The molecule has 0 saturated heterocycles. The molecule has 0 radical (unpaired) electrons. The molecule has 6 heteroatoms. The molecular weight excluding hydrogens is 264 g/mol. The summed E-state index contributed by atoms with van der Waals surface area (Å²) in [6.45, 7) is 4.87. The fourth-order valence-electron chi connectivity index (χ4n) is 1.65. The van der Waals surface area contributed by atoms with E-state index in [0.717, 1.165) is 32.3 Å². The first-order valence-electron chi connectivity index (χ1n) is 7.24. The highest BCUT2D eigenvalue weighted by molar-refractivity contribution is 5.56. The summed E-state index contributed by atoms with van der Waals surface area (Å²) in [4.78, 5) is 10.2. The highest BCUT2D eigenvalue weighted by Gasteiger charge is 2.09. The van der Waals surface area contributed by atoms with Gasteiger partial charge in [0.2, 0.25) is 0 Å². The molecule has 0 aliphatic carbocycles. The molecule has 0 aliphatic rings. The van der Waals surface area contributed by atoms with Crippen molar-refractivity contribution in [2.45, 2.75) is 45.1 Å². The maximum absolute atomic E-state index is 10.2. The largest absolute Gasteiger partial charge is 0.505 e. The Morgan fingerprint density at radius 3 is 2.50 bits per heavy atom. The maximum Gasteiger partial charge on any atom is 0.505 e. The van der Waals surface area contributed by atoms with Crippen LogP contribution in [0.25, 0.3) is 0 Å². The standard InChI is InChI=1S/C14H28O6/c1-3-4-8-18-11-12-19-13(7-10-17-2)6-5-9-20-14(15)16/h13H,3-12H2,1-2H3,(H,15,16). The van der Waals surface area contributed by atoms with Crippen molar-refractivity contribution < 1.29 is 28.8 Å². The molecule has 0 spiro atoms. The van der Waals surface area contributed by atoms with Gasteiger partial charge in [0.25, 0.3) is 0 Å². The fraction of sp³-hybridized carbons (Fsp3) is 0.929. The van der Waals surface area contributed by atoms with Crippen LogP contribution in [0.5, 0.6) is 0 Å². The fourth-order valence-corrected chi connectivity index (χ4v) is 1.65. The van der Waals surface area contributed by atoms with Crippen LogP contribution in [0.2, 0.25) is 0 Å². The Morgan fingerprint density at radius 2 is 1.85 bits per heavy atom. The van der Waals surface area contributed by atoms with Gasteiger partial charge >= 0.3 is 6.16 Å². The minimum Gasteiger partial charge on any atom is -0.450 e. The predicted octanol–water partition coefficient (Wildman–Crippen LogP) is 2.70. The zero-order valence-electron chi connectivity index (χ0n) is 12.6. The van der Waals surface area contributed by atoms with E-state index in [1.165, 1.54) is 0 Å². The van der Waals surface area contributed by atoms with Crippen molar-refractivity contribution in [3.05, 3.63) is 0 Å². The molecule has 0 saturated carbocycles. The van der Waals surface area contributed by atoms with Crippen molar-refractivity contribution in [3.8, 4) is 0 Å². The Balaban J connectivity index is 3.64. The number of ether oxygens (including phenoxy) is 4. The Kier molecular flexibility index (Phi) is 13.9. The molecule has 120 valence electrons. The Labute approximate surface area is 121 Å². The summed E-state index contributed by atoms with van der Waals surface area (Å²) in [5.41, 5.74) is 0. The summed E-state index contributed by atoms with van der Waals surface area (Å²) in [7, 11) is 1.65. The molecular formula is C14H28O6. The van der Waals surface area contributed by atoms with Gasteiger partial charge in [0.1, 0.15) is 0 Å². The van der Waals surface area contributed by atoms with E-state index in [-0.39, 0.29) is 12.7 Å². The highest BCUT2D eigenvalue weighted by Crippen LogP contribution is 2.08. The van der Waals surface area contributed by atoms with E-state index < -0.39 is 6.16 Å². The van der Waals surface area contributed by atoms with Crippen molar-refractivity contribution in [1.82, 2.24) is 0 Å². The molecule has 1 N–H and O–H groups in total. The number of hydrogen-bond acceptors (Lipinski definition) is 5. The molecule has 0 amide bonds. The molecule has 0 fully saturated rings. The van der Waals surface area contributed by atoms with E-state index in [0.29, 0.717) is 26.2 Å². The second kappa shape index (κ2) is 14.6. The molecule has 0 aliphatic heterocycles. The summed E-state index contributed by atoms with van der Waals surface area (Å²) in [6.07, 6.45) is 3.22. The maximum atomic E-state index is 10.2. The quantitative estimate of drug-likeness (QED) is 0.392. The van der Waals surface area contributed by atoms with Crippen molar-refractivity contribution in [3.63, 3.8) is 0 Å². The van der Waals surface area contributed by atoms with E-state index in [9.17, 15) is 4.79 Å².